The lowest BCUT2D eigenvalue weighted by molar-refractivity contribution is 0.122. The second-order valence-electron chi connectivity index (χ2n) is 7.15. The van der Waals surface area contributed by atoms with Gasteiger partial charge in [-0.05, 0) is 6.07 Å². The van der Waals surface area contributed by atoms with Crippen LogP contribution in [-0.4, -0.2) is 70.9 Å². The van der Waals surface area contributed by atoms with E-state index in [4.69, 9.17) is 20.4 Å². The number of anilines is 2. The highest BCUT2D eigenvalue weighted by atomic mass is 32.2. The Bertz CT molecular complexity index is 1400. The molecule has 4 aromatic rings. The molecule has 32 heavy (non-hydrogen) atoms. The summed E-state index contributed by atoms with van der Waals surface area (Å²) in [6.07, 6.45) is 7.21. The van der Waals surface area contributed by atoms with Crippen molar-refractivity contribution >= 4 is 43.3 Å². The molecule has 1 aliphatic heterocycles. The number of ether oxygens (including phenoxy) is 1. The average molecular weight is 471 g/mol. The topological polar surface area (TPSA) is 150 Å². The fraction of sp³-hybridized carbons (Fsp3) is 0.263. The minimum Gasteiger partial charge on any atom is -0.378 e. The number of nitrogens with two attached hydrogens (primary N) is 1. The van der Waals surface area contributed by atoms with Gasteiger partial charge in [-0.15, -0.1) is 0 Å². The molecule has 5 rings (SSSR count). The fourth-order valence-electron chi connectivity index (χ4n) is 3.25. The summed E-state index contributed by atoms with van der Waals surface area (Å²) in [5.74, 6) is 1.30. The lowest BCUT2D eigenvalue weighted by atomic mass is 10.3. The van der Waals surface area contributed by atoms with Gasteiger partial charge in [0.25, 0.3) is 0 Å². The van der Waals surface area contributed by atoms with Crippen LogP contribution in [0.2, 0.25) is 0 Å². The maximum Gasteiger partial charge on any atom is 0.219 e. The summed E-state index contributed by atoms with van der Waals surface area (Å²) in [5, 5.41) is 0.604. The molecule has 1 aliphatic rings. The number of pyridine rings is 1. The third-order valence-corrected chi connectivity index (χ3v) is 6.95. The number of hydrogen-bond acceptors (Lipinski definition) is 12. The van der Waals surface area contributed by atoms with Crippen LogP contribution in [0.25, 0.3) is 32.3 Å². The highest BCUT2D eigenvalue weighted by Gasteiger charge is 2.22. The van der Waals surface area contributed by atoms with Gasteiger partial charge < -0.3 is 15.4 Å². The van der Waals surface area contributed by atoms with Crippen molar-refractivity contribution in [2.75, 3.05) is 43.2 Å². The van der Waals surface area contributed by atoms with Gasteiger partial charge >= 0.3 is 0 Å². The summed E-state index contributed by atoms with van der Waals surface area (Å²) < 4.78 is 29.4. The molecule has 4 aromatic heterocycles. The molecule has 164 valence electrons. The molecule has 1 saturated heterocycles. The Balaban J connectivity index is 1.67. The van der Waals surface area contributed by atoms with Gasteiger partial charge in [-0.1, -0.05) is 11.3 Å². The molecule has 0 saturated carbocycles. The number of morpholine rings is 1. The Hall–Kier alpha value is -3.29. The first kappa shape index (κ1) is 20.6. The zero-order chi connectivity index (χ0) is 22.3. The summed E-state index contributed by atoms with van der Waals surface area (Å²) in [4.78, 5) is 29.2. The molecule has 5 heterocycles. The van der Waals surface area contributed by atoms with Crippen LogP contribution in [-0.2, 0) is 14.6 Å². The van der Waals surface area contributed by atoms with Crippen molar-refractivity contribution in [3.63, 3.8) is 0 Å². The lowest BCUT2D eigenvalue weighted by Crippen LogP contribution is -2.37. The normalized spacial score (nSPS) is 14.7. The molecule has 0 spiro atoms. The van der Waals surface area contributed by atoms with Crippen LogP contribution in [0.3, 0.4) is 0 Å². The zero-order valence-corrected chi connectivity index (χ0v) is 18.6. The predicted octanol–water partition coefficient (Wildman–Crippen LogP) is 1.43. The number of hydrogen-bond donors (Lipinski definition) is 1. The molecule has 0 aliphatic carbocycles. The molecule has 0 amide bonds. The number of nitrogen functional groups attached to an aromatic ring is 1. The first-order valence-corrected chi connectivity index (χ1v) is 12.3. The Morgan fingerprint density at radius 1 is 1.03 bits per heavy atom. The smallest absolute Gasteiger partial charge is 0.219 e. The van der Waals surface area contributed by atoms with Gasteiger partial charge in [0.1, 0.15) is 15.4 Å². The van der Waals surface area contributed by atoms with Gasteiger partial charge in [-0.25, -0.2) is 33.3 Å². The lowest BCUT2D eigenvalue weighted by Gasteiger charge is -2.28. The van der Waals surface area contributed by atoms with Crippen LogP contribution >= 0.6 is 11.3 Å². The number of sulfone groups is 1. The summed E-state index contributed by atoms with van der Waals surface area (Å²) in [5.41, 5.74) is 7.48. The molecule has 11 nitrogen and oxygen atoms in total. The first-order valence-electron chi connectivity index (χ1n) is 9.63. The van der Waals surface area contributed by atoms with E-state index in [0.29, 0.717) is 64.4 Å². The van der Waals surface area contributed by atoms with Crippen molar-refractivity contribution in [1.29, 1.82) is 0 Å². The second-order valence-corrected chi connectivity index (χ2v) is 10.1. The van der Waals surface area contributed by atoms with E-state index in [2.05, 4.69) is 24.8 Å². The molecule has 0 atom stereocenters. The number of aromatic nitrogens is 6. The van der Waals surface area contributed by atoms with E-state index in [1.807, 2.05) is 0 Å². The third kappa shape index (κ3) is 3.97. The largest absolute Gasteiger partial charge is 0.378 e. The van der Waals surface area contributed by atoms with Crippen molar-refractivity contribution in [2.45, 2.75) is 4.90 Å². The molecule has 2 N–H and O–H groups in total. The van der Waals surface area contributed by atoms with Gasteiger partial charge in [-0.2, -0.15) is 0 Å². The van der Waals surface area contributed by atoms with Crippen LogP contribution in [0.1, 0.15) is 0 Å². The average Bonchev–Trinajstić information content (AvgIpc) is 3.23. The van der Waals surface area contributed by atoms with Gasteiger partial charge in [0.2, 0.25) is 5.95 Å². The van der Waals surface area contributed by atoms with E-state index in [0.717, 1.165) is 6.26 Å². The summed E-state index contributed by atoms with van der Waals surface area (Å²) in [6, 6.07) is 1.57. The molecule has 13 heteroatoms. The van der Waals surface area contributed by atoms with Gasteiger partial charge in [0, 0.05) is 49.7 Å². The van der Waals surface area contributed by atoms with Gasteiger partial charge in [0.05, 0.1) is 23.7 Å². The Kier molecular flexibility index (Phi) is 5.15. The summed E-state index contributed by atoms with van der Waals surface area (Å²) in [7, 11) is -3.39. The van der Waals surface area contributed by atoms with E-state index >= 15 is 0 Å². The number of nitrogens with zero attached hydrogens (tertiary/aromatic N) is 7. The molecule has 0 bridgehead atoms. The van der Waals surface area contributed by atoms with Crippen molar-refractivity contribution in [2.24, 2.45) is 0 Å². The van der Waals surface area contributed by atoms with Crippen molar-refractivity contribution in [3.8, 4) is 22.0 Å². The molecule has 0 unspecified atom stereocenters. The second kappa shape index (κ2) is 8.00. The molecular weight excluding hydrogens is 452 g/mol. The fourth-order valence-corrected chi connectivity index (χ4v) is 4.76. The SMILES string of the molecule is CS(=O)(=O)c1cncc(-c2nc3c(N4CCOCC4)nc(-c4cnc(N)nc4)nc3s2)c1. The number of fused-ring (bicyclic) bond motifs is 1. The highest BCUT2D eigenvalue weighted by molar-refractivity contribution is 7.90. The maximum atomic E-state index is 12.0. The monoisotopic (exact) mass is 470 g/mol. The van der Waals surface area contributed by atoms with E-state index in [9.17, 15) is 8.42 Å². The molecule has 0 aromatic carbocycles. The van der Waals surface area contributed by atoms with Crippen molar-refractivity contribution in [3.05, 3.63) is 30.9 Å². The Morgan fingerprint density at radius 2 is 1.78 bits per heavy atom. The van der Waals surface area contributed by atoms with E-state index < -0.39 is 9.84 Å². The summed E-state index contributed by atoms with van der Waals surface area (Å²) in [6.45, 7) is 2.51. The van der Waals surface area contributed by atoms with E-state index in [1.54, 1.807) is 24.7 Å². The van der Waals surface area contributed by atoms with Gasteiger partial charge in [-0.3, -0.25) is 4.98 Å². The van der Waals surface area contributed by atoms with E-state index in [-0.39, 0.29) is 10.8 Å². The molecule has 1 fully saturated rings. The standard InChI is InChI=1S/C19H18N8O3S2/c1-32(28,29)13-6-11(7-21-10-13)17-24-14-16(27-2-4-30-5-3-27)25-15(26-18(14)31-17)12-8-22-19(20)23-9-12/h6-10H,2-5H2,1H3,(H2,20,22,23). The minimum atomic E-state index is -3.39. The van der Waals surface area contributed by atoms with E-state index in [1.165, 1.54) is 17.5 Å². The van der Waals surface area contributed by atoms with Crippen molar-refractivity contribution in [1.82, 2.24) is 29.9 Å². The number of thiazole rings is 1. The maximum absolute atomic E-state index is 12.0. The third-order valence-electron chi connectivity index (χ3n) is 4.87. The van der Waals surface area contributed by atoms with Crippen LogP contribution in [0.4, 0.5) is 11.8 Å². The van der Waals surface area contributed by atoms with Crippen LogP contribution in [0.15, 0.2) is 35.7 Å². The predicted molar refractivity (Wildman–Crippen MR) is 120 cm³/mol. The first-order chi connectivity index (χ1) is 15.4. The van der Waals surface area contributed by atoms with Gasteiger partial charge in [0.15, 0.2) is 21.5 Å². The Morgan fingerprint density at radius 3 is 2.50 bits per heavy atom. The Labute approximate surface area is 187 Å². The minimum absolute atomic E-state index is 0.133. The number of rotatable bonds is 4. The van der Waals surface area contributed by atoms with Crippen LogP contribution in [0.5, 0.6) is 0 Å². The quantitative estimate of drug-likeness (QED) is 0.461. The molecular formula is C19H18N8O3S2. The highest BCUT2D eigenvalue weighted by Crippen LogP contribution is 2.35. The zero-order valence-electron chi connectivity index (χ0n) is 17.0. The summed E-state index contributed by atoms with van der Waals surface area (Å²) >= 11 is 1.34. The van der Waals surface area contributed by atoms with Crippen LogP contribution in [0, 0.1) is 0 Å². The molecule has 0 radical (unpaired) electrons. The van der Waals surface area contributed by atoms with Crippen LogP contribution < -0.4 is 10.6 Å². The van der Waals surface area contributed by atoms with Crippen molar-refractivity contribution < 1.29 is 13.2 Å².